The minimum atomic E-state index is 0.837. The predicted molar refractivity (Wildman–Crippen MR) is 491 cm³/mol. The van der Waals surface area contributed by atoms with Gasteiger partial charge in [0.25, 0.3) is 0 Å². The van der Waals surface area contributed by atoms with E-state index in [4.69, 9.17) is 8.83 Å². The van der Waals surface area contributed by atoms with Gasteiger partial charge in [-0.1, -0.05) is 322 Å². The highest BCUT2D eigenvalue weighted by Crippen LogP contribution is 2.51. The zero-order valence-corrected chi connectivity index (χ0v) is 63.1. The molecule has 0 saturated carbocycles. The zero-order chi connectivity index (χ0) is 76.3. The smallest absolute Gasteiger partial charge is 0.136 e. The van der Waals surface area contributed by atoms with Crippen molar-refractivity contribution in [3.05, 3.63) is 425 Å². The van der Waals surface area contributed by atoms with Gasteiger partial charge in [0.1, 0.15) is 22.3 Å². The molecule has 4 heteroatoms. The van der Waals surface area contributed by atoms with Crippen LogP contribution in [-0.2, 0) is 0 Å². The molecule has 21 aromatic carbocycles. The van der Waals surface area contributed by atoms with Crippen LogP contribution in [0.5, 0.6) is 0 Å². The summed E-state index contributed by atoms with van der Waals surface area (Å²) in [7, 11) is 0. The Labute approximate surface area is 670 Å². The number of anilines is 6. The molecule has 0 spiro atoms. The summed E-state index contributed by atoms with van der Waals surface area (Å²) < 4.78 is 13.4. The first kappa shape index (κ1) is 66.4. The molecular weight excluding hydrogens is 1410 g/mol. The Balaban J connectivity index is 0.611. The highest BCUT2D eigenvalue weighted by atomic mass is 16.3. The van der Waals surface area contributed by atoms with E-state index in [1.165, 1.54) is 97.7 Å². The molecule has 0 saturated heterocycles. The lowest BCUT2D eigenvalue weighted by Gasteiger charge is -2.30. The van der Waals surface area contributed by atoms with Crippen molar-refractivity contribution >= 4 is 153 Å². The molecule has 0 bridgehead atoms. The summed E-state index contributed by atoms with van der Waals surface area (Å²) in [4.78, 5) is 4.89. The second-order valence-corrected chi connectivity index (χ2v) is 30.5. The van der Waals surface area contributed by atoms with Crippen molar-refractivity contribution in [1.82, 2.24) is 0 Å². The SMILES string of the molecule is c1cc(-c2ccc(N(c3ccc(-c4cccc5c4ccc4ccc(-c6ccc7oc8cccc(-c9ccccc9N(c9ccc(-c%10cccc%11c%10ccc%10ccccc%10%11)cc9)c9cc%10ccccc%10c%10ccccc9%10)c8c7c6)cc45)cc3)c3ccccc3-c3cccc4oc5ccccc5c34)cc2)cc(-c2ccc3ccccc3c2)c1. The van der Waals surface area contributed by atoms with Crippen LogP contribution in [0, 0.1) is 0 Å². The summed E-state index contributed by atoms with van der Waals surface area (Å²) in [6, 6.07) is 156. The number of rotatable bonds is 13. The first-order chi connectivity index (χ1) is 57.5. The minimum Gasteiger partial charge on any atom is -0.456 e. The number of fused-ring (bicyclic) bond motifs is 16. The molecule has 23 rings (SSSR count). The molecule has 0 atom stereocenters. The molecular formula is C112H70N2O2. The van der Waals surface area contributed by atoms with Gasteiger partial charge in [-0.2, -0.15) is 0 Å². The molecule has 0 unspecified atom stereocenters. The van der Waals surface area contributed by atoms with Crippen LogP contribution in [0.1, 0.15) is 0 Å². The van der Waals surface area contributed by atoms with Crippen LogP contribution >= 0.6 is 0 Å². The molecule has 4 nitrogen and oxygen atoms in total. The van der Waals surface area contributed by atoms with Gasteiger partial charge in [-0.05, 0) is 240 Å². The fourth-order valence-electron chi connectivity index (χ4n) is 18.5. The number of para-hydroxylation sites is 3. The number of benzene rings is 21. The van der Waals surface area contributed by atoms with Gasteiger partial charge in [0.15, 0.2) is 0 Å². The maximum Gasteiger partial charge on any atom is 0.136 e. The molecule has 2 heterocycles. The van der Waals surface area contributed by atoms with E-state index in [-0.39, 0.29) is 0 Å². The highest BCUT2D eigenvalue weighted by Gasteiger charge is 2.26. The predicted octanol–water partition coefficient (Wildman–Crippen LogP) is 32.2. The van der Waals surface area contributed by atoms with Gasteiger partial charge in [-0.15, -0.1) is 0 Å². The van der Waals surface area contributed by atoms with Crippen LogP contribution in [0.3, 0.4) is 0 Å². The van der Waals surface area contributed by atoms with Crippen molar-refractivity contribution in [3.63, 3.8) is 0 Å². The number of nitrogens with zero attached hydrogens (tertiary/aromatic N) is 2. The van der Waals surface area contributed by atoms with Crippen LogP contribution in [-0.4, -0.2) is 0 Å². The fourth-order valence-corrected chi connectivity index (χ4v) is 18.5. The van der Waals surface area contributed by atoms with E-state index < -0.39 is 0 Å². The molecule has 0 N–H and O–H groups in total. The number of hydrogen-bond donors (Lipinski definition) is 0. The second kappa shape index (κ2) is 27.2. The maximum atomic E-state index is 6.91. The van der Waals surface area contributed by atoms with Gasteiger partial charge in [0.05, 0.1) is 17.1 Å². The van der Waals surface area contributed by atoms with Crippen molar-refractivity contribution in [2.75, 3.05) is 9.80 Å². The topological polar surface area (TPSA) is 32.8 Å². The Hall–Kier alpha value is -15.4. The average Bonchev–Trinajstić information content (AvgIpc) is 1.35. The molecule has 2 aromatic heterocycles. The Morgan fingerprint density at radius 3 is 1.17 bits per heavy atom. The molecule has 0 radical (unpaired) electrons. The lowest BCUT2D eigenvalue weighted by atomic mass is 9.92. The maximum absolute atomic E-state index is 6.91. The van der Waals surface area contributed by atoms with E-state index in [2.05, 4.69) is 428 Å². The Morgan fingerprint density at radius 2 is 0.517 bits per heavy atom. The fraction of sp³-hybridized carbons (Fsp3) is 0. The van der Waals surface area contributed by atoms with Crippen LogP contribution in [0.15, 0.2) is 433 Å². The van der Waals surface area contributed by atoms with Crippen molar-refractivity contribution in [2.45, 2.75) is 0 Å². The summed E-state index contributed by atoms with van der Waals surface area (Å²) >= 11 is 0. The first-order valence-electron chi connectivity index (χ1n) is 39.8. The van der Waals surface area contributed by atoms with E-state index in [0.717, 1.165) is 134 Å². The van der Waals surface area contributed by atoms with Gasteiger partial charge in [0.2, 0.25) is 0 Å². The van der Waals surface area contributed by atoms with Crippen LogP contribution in [0.4, 0.5) is 34.1 Å². The normalized spacial score (nSPS) is 11.8. The van der Waals surface area contributed by atoms with Crippen LogP contribution < -0.4 is 9.80 Å². The van der Waals surface area contributed by atoms with Gasteiger partial charge in [0, 0.05) is 55.1 Å². The highest BCUT2D eigenvalue weighted by molar-refractivity contribution is 6.20. The van der Waals surface area contributed by atoms with E-state index in [1.54, 1.807) is 0 Å². The van der Waals surface area contributed by atoms with E-state index in [9.17, 15) is 0 Å². The average molecular weight is 1480 g/mol. The molecule has 0 amide bonds. The minimum absolute atomic E-state index is 0.837. The third-order valence-corrected chi connectivity index (χ3v) is 24.0. The quantitative estimate of drug-likeness (QED) is 0.108. The van der Waals surface area contributed by atoms with E-state index in [1.807, 2.05) is 6.07 Å². The largest absolute Gasteiger partial charge is 0.456 e. The summed E-state index contributed by atoms with van der Waals surface area (Å²) in [5.74, 6) is 0. The summed E-state index contributed by atoms with van der Waals surface area (Å²) in [6.07, 6.45) is 0. The Bertz CT molecular complexity index is 7900. The van der Waals surface area contributed by atoms with Crippen LogP contribution in [0.2, 0.25) is 0 Å². The van der Waals surface area contributed by atoms with Gasteiger partial charge in [-0.3, -0.25) is 0 Å². The van der Waals surface area contributed by atoms with Gasteiger partial charge >= 0.3 is 0 Å². The molecule has 0 aliphatic rings. The van der Waals surface area contributed by atoms with Crippen molar-refractivity contribution in [3.8, 4) is 77.9 Å². The molecule has 0 aliphatic carbocycles. The Morgan fingerprint density at radius 1 is 0.147 bits per heavy atom. The number of furan rings is 2. The molecule has 23 aromatic rings. The molecule has 0 fully saturated rings. The lowest BCUT2D eigenvalue weighted by molar-refractivity contribution is 0.668. The summed E-state index contributed by atoms with van der Waals surface area (Å²) in [5, 5.41) is 21.3. The standard InChI is InChI=1S/C112H70N2O2/c1-2-22-77-67-80(46-44-71(77)20-1)79-25-15-24-78(66-79)72-48-57-84(58-49-72)113(104-39-12-9-30-97(104)99-37-18-42-109-111(99)101-32-11-14-41-107(101)115-109)85-59-50-74(51-60-85)89-34-17-36-93-95(89)64-55-76-45-47-81(68-102(76)93)82-56-65-108-103(69-82)112-100(38-19-43-110(112)116-108)98-31-10-13-40-105(98)114(106-70-83-23-4-6-27-90(83)92-28-7-8-29-96(92)106)86-61-52-75(53-62-86)88-33-16-35-91-87-26-5-3-21-73(87)54-63-94(88)91/h1-70H. The first-order valence-corrected chi connectivity index (χ1v) is 39.8. The van der Waals surface area contributed by atoms with Gasteiger partial charge < -0.3 is 18.6 Å². The second-order valence-electron chi connectivity index (χ2n) is 30.5. The lowest BCUT2D eigenvalue weighted by Crippen LogP contribution is -2.12. The third-order valence-electron chi connectivity index (χ3n) is 24.0. The zero-order valence-electron chi connectivity index (χ0n) is 63.1. The molecule has 116 heavy (non-hydrogen) atoms. The Kier molecular flexibility index (Phi) is 15.6. The molecule has 0 aliphatic heterocycles. The monoisotopic (exact) mass is 1470 g/mol. The van der Waals surface area contributed by atoms with E-state index in [0.29, 0.717) is 0 Å². The molecule has 540 valence electrons. The summed E-state index contributed by atoms with van der Waals surface area (Å²) in [6.45, 7) is 0. The summed E-state index contributed by atoms with van der Waals surface area (Å²) in [5.41, 5.74) is 25.7. The van der Waals surface area contributed by atoms with Crippen LogP contribution in [0.25, 0.3) is 197 Å². The third kappa shape index (κ3) is 11.1. The van der Waals surface area contributed by atoms with Crippen molar-refractivity contribution in [2.24, 2.45) is 0 Å². The van der Waals surface area contributed by atoms with Crippen molar-refractivity contribution < 1.29 is 8.83 Å². The number of hydrogen-bond acceptors (Lipinski definition) is 4. The van der Waals surface area contributed by atoms with Crippen molar-refractivity contribution in [1.29, 1.82) is 0 Å². The van der Waals surface area contributed by atoms with E-state index >= 15 is 0 Å². The van der Waals surface area contributed by atoms with Gasteiger partial charge in [-0.25, -0.2) is 0 Å².